The van der Waals surface area contributed by atoms with Crippen molar-refractivity contribution in [2.75, 3.05) is 19.6 Å². The van der Waals surface area contributed by atoms with Crippen LogP contribution in [0.2, 0.25) is 0 Å². The van der Waals surface area contributed by atoms with Crippen molar-refractivity contribution >= 4 is 10.0 Å². The van der Waals surface area contributed by atoms with E-state index in [9.17, 15) is 8.42 Å². The fraction of sp³-hybridized carbons (Fsp3) is 0.750. The number of aromatic nitrogens is 2. The molecule has 0 spiro atoms. The second kappa shape index (κ2) is 5.60. The summed E-state index contributed by atoms with van der Waals surface area (Å²) in [5, 5.41) is 4.03. The lowest BCUT2D eigenvalue weighted by Crippen LogP contribution is -2.29. The standard InChI is InChI=1S/C12H22N4O2S/c1-10(2)11-3-5-16(8-11)19(17,18)12-7-14-15(9-12)6-4-13/h7,9-11H,3-6,8,13H2,1-2H3. The van der Waals surface area contributed by atoms with Gasteiger partial charge in [-0.05, 0) is 18.3 Å². The molecule has 19 heavy (non-hydrogen) atoms. The fourth-order valence-electron chi connectivity index (χ4n) is 2.40. The highest BCUT2D eigenvalue weighted by Gasteiger charge is 2.34. The molecule has 0 amide bonds. The smallest absolute Gasteiger partial charge is 0.246 e. The Labute approximate surface area is 114 Å². The Bertz CT molecular complexity index is 524. The van der Waals surface area contributed by atoms with E-state index in [4.69, 9.17) is 5.73 Å². The van der Waals surface area contributed by atoms with Gasteiger partial charge in [0.1, 0.15) is 4.90 Å². The molecule has 0 aliphatic carbocycles. The summed E-state index contributed by atoms with van der Waals surface area (Å²) in [6.45, 7) is 6.47. The van der Waals surface area contributed by atoms with Crippen LogP contribution in [0, 0.1) is 11.8 Å². The molecule has 1 aromatic heterocycles. The lowest BCUT2D eigenvalue weighted by atomic mass is 9.96. The molecule has 6 nitrogen and oxygen atoms in total. The van der Waals surface area contributed by atoms with Gasteiger partial charge in [0.05, 0.1) is 12.7 Å². The van der Waals surface area contributed by atoms with Crippen LogP contribution in [-0.2, 0) is 16.6 Å². The first-order valence-electron chi connectivity index (χ1n) is 6.68. The van der Waals surface area contributed by atoms with E-state index in [1.807, 2.05) is 0 Å². The van der Waals surface area contributed by atoms with Crippen LogP contribution in [0.4, 0.5) is 0 Å². The van der Waals surface area contributed by atoms with Crippen molar-refractivity contribution in [3.05, 3.63) is 12.4 Å². The summed E-state index contributed by atoms with van der Waals surface area (Å²) < 4.78 is 28.1. The maximum atomic E-state index is 12.5. The predicted octanol–water partition coefficient (Wildman–Crippen LogP) is 0.508. The van der Waals surface area contributed by atoms with Gasteiger partial charge in [-0.2, -0.15) is 9.40 Å². The maximum absolute atomic E-state index is 12.5. The van der Waals surface area contributed by atoms with Crippen molar-refractivity contribution in [1.82, 2.24) is 14.1 Å². The average Bonchev–Trinajstić information content (AvgIpc) is 2.98. The molecule has 1 saturated heterocycles. The lowest BCUT2D eigenvalue weighted by Gasteiger charge is -2.17. The molecular formula is C12H22N4O2S. The molecule has 1 aliphatic heterocycles. The Hall–Kier alpha value is -0.920. The number of hydrogen-bond donors (Lipinski definition) is 1. The molecular weight excluding hydrogens is 264 g/mol. The first kappa shape index (κ1) is 14.5. The van der Waals surface area contributed by atoms with Gasteiger partial charge < -0.3 is 5.73 Å². The van der Waals surface area contributed by atoms with Crippen molar-refractivity contribution in [2.24, 2.45) is 17.6 Å². The Balaban J connectivity index is 2.14. The van der Waals surface area contributed by atoms with Gasteiger partial charge in [-0.3, -0.25) is 4.68 Å². The van der Waals surface area contributed by atoms with Crippen LogP contribution in [0.5, 0.6) is 0 Å². The first-order valence-corrected chi connectivity index (χ1v) is 8.12. The molecule has 2 N–H and O–H groups in total. The van der Waals surface area contributed by atoms with Crippen LogP contribution in [0.3, 0.4) is 0 Å². The first-order chi connectivity index (χ1) is 8.95. The van der Waals surface area contributed by atoms with E-state index in [1.165, 1.54) is 6.20 Å². The van der Waals surface area contributed by atoms with Gasteiger partial charge in [0.2, 0.25) is 10.0 Å². The second-order valence-corrected chi connectivity index (χ2v) is 7.32. The summed E-state index contributed by atoms with van der Waals surface area (Å²) in [5.74, 6) is 0.967. The number of hydrogen-bond acceptors (Lipinski definition) is 4. The fourth-order valence-corrected chi connectivity index (χ4v) is 3.86. The molecule has 1 unspecified atom stereocenters. The van der Waals surface area contributed by atoms with E-state index in [1.54, 1.807) is 15.2 Å². The normalized spacial score (nSPS) is 21.4. The molecule has 108 valence electrons. The summed E-state index contributed by atoms with van der Waals surface area (Å²) in [6.07, 6.45) is 3.91. The van der Waals surface area contributed by atoms with E-state index in [0.29, 0.717) is 38.0 Å². The molecule has 1 aliphatic rings. The molecule has 0 bridgehead atoms. The van der Waals surface area contributed by atoms with Crippen LogP contribution in [-0.4, -0.2) is 42.1 Å². The van der Waals surface area contributed by atoms with Crippen molar-refractivity contribution in [3.8, 4) is 0 Å². The summed E-state index contributed by atoms with van der Waals surface area (Å²) >= 11 is 0. The molecule has 1 aromatic rings. The molecule has 2 rings (SSSR count). The zero-order chi connectivity index (χ0) is 14.0. The topological polar surface area (TPSA) is 81.2 Å². The van der Waals surface area contributed by atoms with Crippen LogP contribution in [0.1, 0.15) is 20.3 Å². The van der Waals surface area contributed by atoms with Gasteiger partial charge in [0.25, 0.3) is 0 Å². The third-order valence-corrected chi connectivity index (χ3v) is 5.55. The van der Waals surface area contributed by atoms with Gasteiger partial charge in [-0.25, -0.2) is 8.42 Å². The summed E-state index contributed by atoms with van der Waals surface area (Å²) in [5.41, 5.74) is 5.43. The second-order valence-electron chi connectivity index (χ2n) is 5.38. The Kier molecular flexibility index (Phi) is 4.27. The van der Waals surface area contributed by atoms with E-state index < -0.39 is 10.0 Å². The average molecular weight is 286 g/mol. The minimum atomic E-state index is -3.39. The van der Waals surface area contributed by atoms with Gasteiger partial charge in [-0.15, -0.1) is 0 Å². The largest absolute Gasteiger partial charge is 0.329 e. The van der Waals surface area contributed by atoms with Gasteiger partial charge in [0, 0.05) is 25.8 Å². The van der Waals surface area contributed by atoms with Crippen LogP contribution in [0.15, 0.2) is 17.3 Å². The quantitative estimate of drug-likeness (QED) is 0.855. The molecule has 0 aromatic carbocycles. The Morgan fingerprint density at radius 3 is 2.84 bits per heavy atom. The minimum absolute atomic E-state index is 0.269. The molecule has 7 heteroatoms. The molecule has 0 radical (unpaired) electrons. The van der Waals surface area contributed by atoms with Gasteiger partial charge in [0.15, 0.2) is 0 Å². The Morgan fingerprint density at radius 1 is 1.53 bits per heavy atom. The van der Waals surface area contributed by atoms with E-state index in [2.05, 4.69) is 18.9 Å². The maximum Gasteiger partial charge on any atom is 0.246 e. The third-order valence-electron chi connectivity index (χ3n) is 3.74. The van der Waals surface area contributed by atoms with E-state index in [0.717, 1.165) is 6.42 Å². The van der Waals surface area contributed by atoms with Crippen LogP contribution < -0.4 is 5.73 Å². The monoisotopic (exact) mass is 286 g/mol. The van der Waals surface area contributed by atoms with Crippen LogP contribution >= 0.6 is 0 Å². The highest BCUT2D eigenvalue weighted by atomic mass is 32.2. The van der Waals surface area contributed by atoms with E-state index >= 15 is 0 Å². The van der Waals surface area contributed by atoms with Crippen molar-refractivity contribution in [1.29, 1.82) is 0 Å². The molecule has 2 heterocycles. The number of nitrogens with zero attached hydrogens (tertiary/aromatic N) is 3. The lowest BCUT2D eigenvalue weighted by molar-refractivity contribution is 0.388. The Morgan fingerprint density at radius 2 is 2.26 bits per heavy atom. The molecule has 1 atom stereocenters. The number of sulfonamides is 1. The van der Waals surface area contributed by atoms with Gasteiger partial charge >= 0.3 is 0 Å². The summed E-state index contributed by atoms with van der Waals surface area (Å²) in [6, 6.07) is 0. The summed E-state index contributed by atoms with van der Waals surface area (Å²) in [4.78, 5) is 0.269. The highest BCUT2D eigenvalue weighted by Crippen LogP contribution is 2.28. The zero-order valence-corrected chi connectivity index (χ0v) is 12.3. The molecule has 0 saturated carbocycles. The number of rotatable bonds is 5. The molecule has 1 fully saturated rings. The third kappa shape index (κ3) is 2.98. The zero-order valence-electron chi connectivity index (χ0n) is 11.5. The predicted molar refractivity (Wildman–Crippen MR) is 73.0 cm³/mol. The summed E-state index contributed by atoms with van der Waals surface area (Å²) in [7, 11) is -3.39. The van der Waals surface area contributed by atoms with Crippen molar-refractivity contribution in [2.45, 2.75) is 31.7 Å². The highest BCUT2D eigenvalue weighted by molar-refractivity contribution is 7.89. The minimum Gasteiger partial charge on any atom is -0.329 e. The van der Waals surface area contributed by atoms with Gasteiger partial charge in [-0.1, -0.05) is 13.8 Å². The number of nitrogens with two attached hydrogens (primary N) is 1. The van der Waals surface area contributed by atoms with Crippen molar-refractivity contribution in [3.63, 3.8) is 0 Å². The van der Waals surface area contributed by atoms with Crippen LogP contribution in [0.25, 0.3) is 0 Å². The van der Waals surface area contributed by atoms with E-state index in [-0.39, 0.29) is 4.90 Å². The van der Waals surface area contributed by atoms with Crippen molar-refractivity contribution < 1.29 is 8.42 Å². The SMILES string of the molecule is CC(C)C1CCN(S(=O)(=O)c2cnn(CCN)c2)C1.